The minimum absolute atomic E-state index is 0.228. The van der Waals surface area contributed by atoms with Gasteiger partial charge in [-0.3, -0.25) is 0 Å². The third kappa shape index (κ3) is 3.20. The molecule has 1 aliphatic carbocycles. The van der Waals surface area contributed by atoms with E-state index in [1.807, 2.05) is 18.2 Å². The van der Waals surface area contributed by atoms with Crippen molar-refractivity contribution in [3.63, 3.8) is 0 Å². The van der Waals surface area contributed by atoms with Crippen LogP contribution in [-0.4, -0.2) is 5.11 Å². The van der Waals surface area contributed by atoms with E-state index in [-0.39, 0.29) is 6.04 Å². The molecule has 2 N–H and O–H groups in total. The lowest BCUT2D eigenvalue weighted by Gasteiger charge is -2.15. The summed E-state index contributed by atoms with van der Waals surface area (Å²) in [4.78, 5) is 0. The molecule has 1 fully saturated rings. The lowest BCUT2D eigenvalue weighted by molar-refractivity contribution is 0.472. The van der Waals surface area contributed by atoms with Crippen LogP contribution in [0.5, 0.6) is 5.75 Å². The average molecular weight is 267 g/mol. The van der Waals surface area contributed by atoms with E-state index in [4.69, 9.17) is 0 Å². The van der Waals surface area contributed by atoms with Crippen molar-refractivity contribution in [1.29, 1.82) is 0 Å². The minimum atomic E-state index is 0.228. The summed E-state index contributed by atoms with van der Waals surface area (Å²) in [7, 11) is 0. The van der Waals surface area contributed by atoms with Gasteiger partial charge in [0.15, 0.2) is 0 Å². The molecular weight excluding hydrogens is 246 g/mol. The summed E-state index contributed by atoms with van der Waals surface area (Å²) >= 11 is 0. The van der Waals surface area contributed by atoms with Gasteiger partial charge in [0.05, 0.1) is 0 Å². The first-order chi connectivity index (χ1) is 9.72. The van der Waals surface area contributed by atoms with Crippen LogP contribution in [0.1, 0.15) is 48.4 Å². The fraction of sp³-hybridized carbons (Fsp3) is 0.333. The van der Waals surface area contributed by atoms with Crippen LogP contribution in [0.4, 0.5) is 0 Å². The van der Waals surface area contributed by atoms with Crippen LogP contribution in [0.3, 0.4) is 0 Å². The molecule has 2 aromatic rings. The highest BCUT2D eigenvalue weighted by Gasteiger charge is 2.23. The SMILES string of the molecule is CC(NCc1cccc(C2CC2)c1)c1cccc(O)c1. The molecule has 1 atom stereocenters. The monoisotopic (exact) mass is 267 g/mol. The number of benzene rings is 2. The van der Waals surface area contributed by atoms with Crippen molar-refractivity contribution in [2.24, 2.45) is 0 Å². The fourth-order valence-corrected chi connectivity index (χ4v) is 2.56. The van der Waals surface area contributed by atoms with Gasteiger partial charge in [0, 0.05) is 12.6 Å². The lowest BCUT2D eigenvalue weighted by Crippen LogP contribution is -2.18. The molecule has 2 heteroatoms. The van der Waals surface area contributed by atoms with Crippen LogP contribution in [0.25, 0.3) is 0 Å². The van der Waals surface area contributed by atoms with Crippen molar-refractivity contribution in [3.05, 3.63) is 65.2 Å². The summed E-state index contributed by atoms with van der Waals surface area (Å²) in [6.07, 6.45) is 2.69. The van der Waals surface area contributed by atoms with Crippen molar-refractivity contribution in [3.8, 4) is 5.75 Å². The van der Waals surface area contributed by atoms with Crippen LogP contribution in [0, 0.1) is 0 Å². The van der Waals surface area contributed by atoms with Crippen molar-refractivity contribution < 1.29 is 5.11 Å². The van der Waals surface area contributed by atoms with Crippen molar-refractivity contribution in [2.75, 3.05) is 0 Å². The molecule has 2 nitrogen and oxygen atoms in total. The Kier molecular flexibility index (Phi) is 3.75. The van der Waals surface area contributed by atoms with Crippen LogP contribution in [0.15, 0.2) is 48.5 Å². The summed E-state index contributed by atoms with van der Waals surface area (Å²) in [5.74, 6) is 1.13. The highest BCUT2D eigenvalue weighted by molar-refractivity contribution is 5.30. The summed E-state index contributed by atoms with van der Waals surface area (Å²) < 4.78 is 0. The zero-order valence-corrected chi connectivity index (χ0v) is 11.8. The zero-order chi connectivity index (χ0) is 13.9. The Bertz CT molecular complexity index is 589. The number of hydrogen-bond donors (Lipinski definition) is 2. The zero-order valence-electron chi connectivity index (χ0n) is 11.8. The molecule has 0 aliphatic heterocycles. The van der Waals surface area contributed by atoms with Gasteiger partial charge in [0.25, 0.3) is 0 Å². The highest BCUT2D eigenvalue weighted by atomic mass is 16.3. The Morgan fingerprint density at radius 2 is 1.95 bits per heavy atom. The van der Waals surface area contributed by atoms with E-state index in [1.54, 1.807) is 6.07 Å². The molecule has 0 heterocycles. The van der Waals surface area contributed by atoms with E-state index < -0.39 is 0 Å². The van der Waals surface area contributed by atoms with Gasteiger partial charge in [-0.2, -0.15) is 0 Å². The van der Waals surface area contributed by atoms with Crippen molar-refractivity contribution >= 4 is 0 Å². The van der Waals surface area contributed by atoms with Gasteiger partial charge in [0.1, 0.15) is 5.75 Å². The first-order valence-corrected chi connectivity index (χ1v) is 7.33. The van der Waals surface area contributed by atoms with Crippen LogP contribution >= 0.6 is 0 Å². The van der Waals surface area contributed by atoms with E-state index >= 15 is 0 Å². The molecule has 20 heavy (non-hydrogen) atoms. The van der Waals surface area contributed by atoms with E-state index in [1.165, 1.54) is 24.0 Å². The molecule has 1 saturated carbocycles. The Morgan fingerprint density at radius 1 is 1.15 bits per heavy atom. The highest BCUT2D eigenvalue weighted by Crippen LogP contribution is 2.40. The normalized spacial score (nSPS) is 16.1. The first-order valence-electron chi connectivity index (χ1n) is 7.33. The molecule has 2 aromatic carbocycles. The summed E-state index contributed by atoms with van der Waals surface area (Å²) in [5, 5.41) is 13.0. The molecule has 1 aliphatic rings. The molecule has 0 radical (unpaired) electrons. The number of hydrogen-bond acceptors (Lipinski definition) is 2. The molecule has 3 rings (SSSR count). The molecule has 0 amide bonds. The summed E-state index contributed by atoms with van der Waals surface area (Å²) in [6.45, 7) is 2.98. The van der Waals surface area contributed by atoms with E-state index in [0.717, 1.165) is 18.0 Å². The van der Waals surface area contributed by atoms with E-state index in [2.05, 4.69) is 36.5 Å². The van der Waals surface area contributed by atoms with Gasteiger partial charge in [-0.15, -0.1) is 0 Å². The number of phenols is 1. The maximum atomic E-state index is 9.52. The molecule has 104 valence electrons. The molecule has 0 bridgehead atoms. The third-order valence-electron chi connectivity index (χ3n) is 3.98. The van der Waals surface area contributed by atoms with Gasteiger partial charge in [-0.05, 0) is 54.5 Å². The summed E-state index contributed by atoms with van der Waals surface area (Å²) in [5.41, 5.74) is 3.93. The predicted molar refractivity (Wildman–Crippen MR) is 81.8 cm³/mol. The number of phenolic OH excluding ortho intramolecular Hbond substituents is 1. The Labute approximate surface area is 120 Å². The quantitative estimate of drug-likeness (QED) is 0.854. The third-order valence-corrected chi connectivity index (χ3v) is 3.98. The summed E-state index contributed by atoms with van der Waals surface area (Å²) in [6, 6.07) is 16.6. The lowest BCUT2D eigenvalue weighted by atomic mass is 10.1. The second-order valence-corrected chi connectivity index (χ2v) is 5.72. The molecular formula is C18H21NO. The number of rotatable bonds is 5. The number of aromatic hydroxyl groups is 1. The van der Waals surface area contributed by atoms with Crippen LogP contribution in [-0.2, 0) is 6.54 Å². The van der Waals surface area contributed by atoms with Gasteiger partial charge >= 0.3 is 0 Å². The van der Waals surface area contributed by atoms with Crippen LogP contribution in [0.2, 0.25) is 0 Å². The smallest absolute Gasteiger partial charge is 0.115 e. The Morgan fingerprint density at radius 3 is 2.70 bits per heavy atom. The van der Waals surface area contributed by atoms with Gasteiger partial charge in [0.2, 0.25) is 0 Å². The largest absolute Gasteiger partial charge is 0.508 e. The maximum absolute atomic E-state index is 9.52. The maximum Gasteiger partial charge on any atom is 0.115 e. The Balaban J connectivity index is 1.62. The minimum Gasteiger partial charge on any atom is -0.508 e. The predicted octanol–water partition coefficient (Wildman–Crippen LogP) is 4.12. The molecule has 0 aromatic heterocycles. The average Bonchev–Trinajstić information content (AvgIpc) is 3.30. The van der Waals surface area contributed by atoms with E-state index in [9.17, 15) is 5.11 Å². The fourth-order valence-electron chi connectivity index (χ4n) is 2.56. The van der Waals surface area contributed by atoms with E-state index in [0.29, 0.717) is 5.75 Å². The number of nitrogens with one attached hydrogen (secondary N) is 1. The van der Waals surface area contributed by atoms with Crippen molar-refractivity contribution in [2.45, 2.75) is 38.3 Å². The molecule has 0 saturated heterocycles. The van der Waals surface area contributed by atoms with Gasteiger partial charge in [-0.25, -0.2) is 0 Å². The van der Waals surface area contributed by atoms with Gasteiger partial charge in [-0.1, -0.05) is 36.4 Å². The molecule has 1 unspecified atom stereocenters. The van der Waals surface area contributed by atoms with Crippen molar-refractivity contribution in [1.82, 2.24) is 5.32 Å². The second kappa shape index (κ2) is 5.68. The second-order valence-electron chi connectivity index (χ2n) is 5.72. The van der Waals surface area contributed by atoms with Gasteiger partial charge < -0.3 is 10.4 Å². The molecule has 0 spiro atoms. The topological polar surface area (TPSA) is 32.3 Å². The standard InChI is InChI=1S/C18H21NO/c1-13(16-5-3-7-18(20)11-16)19-12-14-4-2-6-17(10-14)15-8-9-15/h2-7,10-11,13,15,19-20H,8-9,12H2,1H3. The van der Waals surface area contributed by atoms with Crippen LogP contribution < -0.4 is 5.32 Å². The first kappa shape index (κ1) is 13.2. The Hall–Kier alpha value is -1.80.